The van der Waals surface area contributed by atoms with Crippen molar-refractivity contribution in [3.8, 4) is 0 Å². The molecule has 2 N–H and O–H groups in total. The van der Waals surface area contributed by atoms with Gasteiger partial charge in [0, 0.05) is 19.0 Å². The summed E-state index contributed by atoms with van der Waals surface area (Å²) < 4.78 is 26.1. The number of halogens is 2. The molecule has 1 aliphatic rings. The lowest BCUT2D eigenvalue weighted by molar-refractivity contribution is -0.116. The molecule has 0 unspecified atom stereocenters. The summed E-state index contributed by atoms with van der Waals surface area (Å²) in [5, 5.41) is 5.52. The van der Waals surface area contributed by atoms with Crippen LogP contribution >= 0.6 is 0 Å². The van der Waals surface area contributed by atoms with Gasteiger partial charge in [-0.2, -0.15) is 0 Å². The van der Waals surface area contributed by atoms with Gasteiger partial charge in [0.2, 0.25) is 5.91 Å². The number of anilines is 1. The van der Waals surface area contributed by atoms with Crippen LogP contribution in [0.15, 0.2) is 18.2 Å². The molecular weight excluding hydrogens is 226 g/mol. The van der Waals surface area contributed by atoms with Gasteiger partial charge in [-0.3, -0.25) is 4.79 Å². The summed E-state index contributed by atoms with van der Waals surface area (Å²) in [5.41, 5.74) is -0.110. The van der Waals surface area contributed by atoms with Gasteiger partial charge in [-0.15, -0.1) is 0 Å². The van der Waals surface area contributed by atoms with Crippen molar-refractivity contribution in [3.05, 3.63) is 29.8 Å². The molecule has 0 saturated heterocycles. The molecule has 0 spiro atoms. The van der Waals surface area contributed by atoms with Crippen molar-refractivity contribution in [3.63, 3.8) is 0 Å². The first-order chi connectivity index (χ1) is 8.16. The van der Waals surface area contributed by atoms with Crippen LogP contribution in [0.3, 0.4) is 0 Å². The van der Waals surface area contributed by atoms with Gasteiger partial charge in [-0.25, -0.2) is 8.78 Å². The number of amides is 1. The summed E-state index contributed by atoms with van der Waals surface area (Å²) in [6.07, 6.45) is 2.56. The number of carbonyl (C=O) groups is 1. The Balaban J connectivity index is 1.82. The zero-order valence-electron chi connectivity index (χ0n) is 9.30. The van der Waals surface area contributed by atoms with Gasteiger partial charge in [0.1, 0.15) is 0 Å². The second-order valence-corrected chi connectivity index (χ2v) is 4.13. The van der Waals surface area contributed by atoms with E-state index < -0.39 is 11.6 Å². The minimum Gasteiger partial charge on any atom is -0.323 e. The lowest BCUT2D eigenvalue weighted by atomic mass is 10.3. The van der Waals surface area contributed by atoms with E-state index >= 15 is 0 Å². The summed E-state index contributed by atoms with van der Waals surface area (Å²) in [5.74, 6) is -2.29. The van der Waals surface area contributed by atoms with Crippen LogP contribution in [0, 0.1) is 11.6 Å². The number of carbonyl (C=O) groups excluding carboxylic acids is 1. The Bertz CT molecular complexity index is 419. The quantitative estimate of drug-likeness (QED) is 0.827. The number of hydrogen-bond donors (Lipinski definition) is 2. The Labute approximate surface area is 98.2 Å². The lowest BCUT2D eigenvalue weighted by Gasteiger charge is -2.07. The van der Waals surface area contributed by atoms with E-state index in [0.29, 0.717) is 12.6 Å². The predicted octanol–water partition coefficient (Wildman–Crippen LogP) is 2.05. The van der Waals surface area contributed by atoms with Crippen molar-refractivity contribution in [1.29, 1.82) is 0 Å². The van der Waals surface area contributed by atoms with Gasteiger partial charge in [-0.05, 0) is 25.0 Å². The Morgan fingerprint density at radius 3 is 2.82 bits per heavy atom. The van der Waals surface area contributed by atoms with Crippen LogP contribution in [0.4, 0.5) is 14.5 Å². The standard InChI is InChI=1S/C12H14F2N2O/c13-9-2-1-3-10(12(9)14)16-11(17)6-7-15-8-4-5-8/h1-3,8,15H,4-7H2,(H,16,17). The van der Waals surface area contributed by atoms with E-state index in [0.717, 1.165) is 18.9 Å². The first kappa shape index (κ1) is 12.0. The Morgan fingerprint density at radius 2 is 2.12 bits per heavy atom. The molecule has 0 radical (unpaired) electrons. The van der Waals surface area contributed by atoms with Crippen LogP contribution in [0.25, 0.3) is 0 Å². The highest BCUT2D eigenvalue weighted by Crippen LogP contribution is 2.19. The summed E-state index contributed by atoms with van der Waals surface area (Å²) in [6.45, 7) is 0.563. The van der Waals surface area contributed by atoms with Crippen LogP contribution < -0.4 is 10.6 Å². The highest BCUT2D eigenvalue weighted by atomic mass is 19.2. The number of benzene rings is 1. The predicted molar refractivity (Wildman–Crippen MR) is 60.6 cm³/mol. The third kappa shape index (κ3) is 3.49. The third-order valence-corrected chi connectivity index (χ3v) is 2.59. The highest BCUT2D eigenvalue weighted by Gasteiger charge is 2.20. The molecule has 1 aromatic carbocycles. The van der Waals surface area contributed by atoms with Crippen molar-refractivity contribution in [2.45, 2.75) is 25.3 Å². The molecule has 0 atom stereocenters. The summed E-state index contributed by atoms with van der Waals surface area (Å²) in [4.78, 5) is 11.4. The molecule has 1 fully saturated rings. The molecule has 2 rings (SSSR count). The average molecular weight is 240 g/mol. The van der Waals surface area contributed by atoms with Crippen LogP contribution in [0.5, 0.6) is 0 Å². The molecule has 1 saturated carbocycles. The molecule has 1 aromatic rings. The maximum atomic E-state index is 13.2. The Hall–Kier alpha value is -1.49. The molecule has 0 bridgehead atoms. The molecular formula is C12H14F2N2O. The zero-order chi connectivity index (χ0) is 12.3. The van der Waals surface area contributed by atoms with Crippen molar-refractivity contribution in [2.24, 2.45) is 0 Å². The average Bonchev–Trinajstić information content (AvgIpc) is 3.09. The first-order valence-electron chi connectivity index (χ1n) is 5.64. The molecule has 17 heavy (non-hydrogen) atoms. The highest BCUT2D eigenvalue weighted by molar-refractivity contribution is 5.90. The lowest BCUT2D eigenvalue weighted by Crippen LogP contribution is -2.23. The molecule has 5 heteroatoms. The largest absolute Gasteiger partial charge is 0.323 e. The topological polar surface area (TPSA) is 41.1 Å². The van der Waals surface area contributed by atoms with Crippen LogP contribution in [0.2, 0.25) is 0 Å². The van der Waals surface area contributed by atoms with Gasteiger partial charge >= 0.3 is 0 Å². The molecule has 0 aromatic heterocycles. The zero-order valence-corrected chi connectivity index (χ0v) is 9.30. The molecule has 0 heterocycles. The van der Waals surface area contributed by atoms with Crippen molar-refractivity contribution < 1.29 is 13.6 Å². The van der Waals surface area contributed by atoms with E-state index in [1.54, 1.807) is 0 Å². The summed E-state index contributed by atoms with van der Waals surface area (Å²) in [6, 6.07) is 4.24. The first-order valence-corrected chi connectivity index (χ1v) is 5.64. The molecule has 1 amide bonds. The van der Waals surface area contributed by atoms with Gasteiger partial charge in [0.25, 0.3) is 0 Å². The fourth-order valence-electron chi connectivity index (χ4n) is 1.49. The van der Waals surface area contributed by atoms with E-state index in [1.807, 2.05) is 0 Å². The fraction of sp³-hybridized carbons (Fsp3) is 0.417. The van der Waals surface area contributed by atoms with Gasteiger partial charge < -0.3 is 10.6 Å². The summed E-state index contributed by atoms with van der Waals surface area (Å²) >= 11 is 0. The van der Waals surface area contributed by atoms with Gasteiger partial charge in [0.05, 0.1) is 5.69 Å². The Kier molecular flexibility index (Phi) is 3.68. The van der Waals surface area contributed by atoms with Crippen molar-refractivity contribution in [2.75, 3.05) is 11.9 Å². The van der Waals surface area contributed by atoms with Crippen LogP contribution in [0.1, 0.15) is 19.3 Å². The maximum absolute atomic E-state index is 13.2. The molecule has 0 aliphatic heterocycles. The van der Waals surface area contributed by atoms with Gasteiger partial charge in [0.15, 0.2) is 11.6 Å². The summed E-state index contributed by atoms with van der Waals surface area (Å²) in [7, 11) is 0. The van der Waals surface area contributed by atoms with Crippen molar-refractivity contribution in [1.82, 2.24) is 5.32 Å². The minimum absolute atomic E-state index is 0.110. The van der Waals surface area contributed by atoms with Gasteiger partial charge in [-0.1, -0.05) is 6.07 Å². The third-order valence-electron chi connectivity index (χ3n) is 2.59. The minimum atomic E-state index is -1.02. The normalized spacial score (nSPS) is 14.7. The number of rotatable bonds is 5. The fourth-order valence-corrected chi connectivity index (χ4v) is 1.49. The second kappa shape index (κ2) is 5.23. The van der Waals surface area contributed by atoms with E-state index in [1.165, 1.54) is 12.1 Å². The molecule has 1 aliphatic carbocycles. The van der Waals surface area contributed by atoms with Crippen LogP contribution in [-0.2, 0) is 4.79 Å². The Morgan fingerprint density at radius 1 is 1.35 bits per heavy atom. The van der Waals surface area contributed by atoms with E-state index in [-0.39, 0.29) is 18.0 Å². The maximum Gasteiger partial charge on any atom is 0.225 e. The van der Waals surface area contributed by atoms with E-state index in [2.05, 4.69) is 10.6 Å². The monoisotopic (exact) mass is 240 g/mol. The SMILES string of the molecule is O=C(CCNC1CC1)Nc1cccc(F)c1F. The number of hydrogen-bond acceptors (Lipinski definition) is 2. The van der Waals surface area contributed by atoms with Crippen LogP contribution in [-0.4, -0.2) is 18.5 Å². The number of nitrogens with one attached hydrogen (secondary N) is 2. The molecule has 92 valence electrons. The second-order valence-electron chi connectivity index (χ2n) is 4.13. The van der Waals surface area contributed by atoms with Crippen molar-refractivity contribution >= 4 is 11.6 Å². The smallest absolute Gasteiger partial charge is 0.225 e. The van der Waals surface area contributed by atoms with E-state index in [4.69, 9.17) is 0 Å². The molecule has 3 nitrogen and oxygen atoms in total. The van der Waals surface area contributed by atoms with E-state index in [9.17, 15) is 13.6 Å².